The molecule has 6 heteroatoms. The van der Waals surface area contributed by atoms with Crippen molar-refractivity contribution in [1.82, 2.24) is 9.97 Å². The second-order valence-corrected chi connectivity index (χ2v) is 7.05. The van der Waals surface area contributed by atoms with Crippen LogP contribution in [0.25, 0.3) is 0 Å². The average Bonchev–Trinajstić information content (AvgIpc) is 3.11. The molecule has 0 fully saturated rings. The highest BCUT2D eigenvalue weighted by atomic mass is 35.5. The number of aromatic nitrogens is 2. The van der Waals surface area contributed by atoms with Crippen LogP contribution in [0.1, 0.15) is 11.1 Å². The Morgan fingerprint density at radius 2 is 1.78 bits per heavy atom. The van der Waals surface area contributed by atoms with E-state index < -0.39 is 0 Å². The summed E-state index contributed by atoms with van der Waals surface area (Å²) in [5.74, 6) is 1.81. The molecule has 0 saturated carbocycles. The van der Waals surface area contributed by atoms with E-state index in [1.165, 1.54) is 0 Å². The number of nitrogens with zero attached hydrogens (tertiary/aromatic N) is 4. The van der Waals surface area contributed by atoms with Gasteiger partial charge in [-0.1, -0.05) is 48.0 Å². The maximum atomic E-state index is 6.23. The van der Waals surface area contributed by atoms with E-state index in [0.717, 1.165) is 41.4 Å². The summed E-state index contributed by atoms with van der Waals surface area (Å²) in [6.45, 7) is 1.21. The highest BCUT2D eigenvalue weighted by molar-refractivity contribution is 6.31. The number of rotatable bonds is 5. The maximum absolute atomic E-state index is 6.23. The normalized spacial score (nSPS) is 12.8. The van der Waals surface area contributed by atoms with Crippen LogP contribution in [0.5, 0.6) is 6.01 Å². The molecule has 0 bridgehead atoms. The molecular weight excluding hydrogens is 360 g/mol. The Balaban J connectivity index is 1.68. The molecule has 2 aromatic carbocycles. The fraction of sp³-hybridized carbons (Fsp3) is 0.238. The molecule has 1 aliphatic rings. The summed E-state index contributed by atoms with van der Waals surface area (Å²) in [7, 11) is 3.98. The first-order valence-corrected chi connectivity index (χ1v) is 9.28. The van der Waals surface area contributed by atoms with Crippen LogP contribution in [0.3, 0.4) is 0 Å². The number of para-hydroxylation sites is 1. The zero-order valence-electron chi connectivity index (χ0n) is 15.4. The third-order valence-electron chi connectivity index (χ3n) is 4.59. The van der Waals surface area contributed by atoms with Crippen LogP contribution in [-0.4, -0.2) is 30.6 Å². The van der Waals surface area contributed by atoms with Crippen LogP contribution >= 0.6 is 11.6 Å². The first-order chi connectivity index (χ1) is 13.1. The molecule has 0 N–H and O–H groups in total. The zero-order valence-corrected chi connectivity index (χ0v) is 16.1. The molecule has 0 atom stereocenters. The van der Waals surface area contributed by atoms with Gasteiger partial charge in [0, 0.05) is 42.5 Å². The number of ether oxygens (including phenoxy) is 1. The molecule has 0 amide bonds. The van der Waals surface area contributed by atoms with E-state index in [9.17, 15) is 0 Å². The van der Waals surface area contributed by atoms with Crippen LogP contribution < -0.4 is 14.5 Å². The molecule has 0 spiro atoms. The zero-order chi connectivity index (χ0) is 18.8. The summed E-state index contributed by atoms with van der Waals surface area (Å²) in [5, 5.41) is 0.678. The fourth-order valence-corrected chi connectivity index (χ4v) is 3.46. The Bertz CT molecular complexity index is 946. The van der Waals surface area contributed by atoms with Crippen molar-refractivity contribution in [1.29, 1.82) is 0 Å². The van der Waals surface area contributed by atoms with Gasteiger partial charge in [-0.25, -0.2) is 0 Å². The number of benzene rings is 2. The van der Waals surface area contributed by atoms with Gasteiger partial charge in [0.2, 0.25) is 0 Å². The molecule has 0 saturated heterocycles. The van der Waals surface area contributed by atoms with Crippen LogP contribution in [-0.2, 0) is 13.0 Å². The summed E-state index contributed by atoms with van der Waals surface area (Å²) >= 11 is 6.23. The lowest BCUT2D eigenvalue weighted by Gasteiger charge is -2.21. The predicted octanol–water partition coefficient (Wildman–Crippen LogP) is 4.47. The van der Waals surface area contributed by atoms with Crippen LogP contribution in [0.2, 0.25) is 5.02 Å². The van der Waals surface area contributed by atoms with Gasteiger partial charge in [0.1, 0.15) is 18.2 Å². The molecule has 4 rings (SSSR count). The maximum Gasteiger partial charge on any atom is 0.320 e. The molecule has 5 nitrogen and oxygen atoms in total. The van der Waals surface area contributed by atoms with E-state index >= 15 is 0 Å². The van der Waals surface area contributed by atoms with Gasteiger partial charge in [0.25, 0.3) is 0 Å². The summed E-state index contributed by atoms with van der Waals surface area (Å²) in [6, 6.07) is 18.3. The van der Waals surface area contributed by atoms with Crippen molar-refractivity contribution in [2.45, 2.75) is 13.0 Å². The van der Waals surface area contributed by atoms with Crippen molar-refractivity contribution < 1.29 is 4.74 Å². The van der Waals surface area contributed by atoms with Crippen molar-refractivity contribution in [3.8, 4) is 6.01 Å². The minimum Gasteiger partial charge on any atom is -0.458 e. The third kappa shape index (κ3) is 3.55. The largest absolute Gasteiger partial charge is 0.458 e. The summed E-state index contributed by atoms with van der Waals surface area (Å²) in [4.78, 5) is 13.6. The monoisotopic (exact) mass is 380 g/mol. The molecular formula is C21H21ClN4O. The Morgan fingerprint density at radius 3 is 2.52 bits per heavy atom. The van der Waals surface area contributed by atoms with Gasteiger partial charge in [-0.15, -0.1) is 0 Å². The van der Waals surface area contributed by atoms with Gasteiger partial charge in [0.05, 0.1) is 0 Å². The van der Waals surface area contributed by atoms with Crippen LogP contribution in [0.15, 0.2) is 54.6 Å². The van der Waals surface area contributed by atoms with Crippen molar-refractivity contribution in [2.75, 3.05) is 30.4 Å². The highest BCUT2D eigenvalue weighted by Crippen LogP contribution is 2.38. The lowest BCUT2D eigenvalue weighted by molar-refractivity contribution is 0.281. The molecule has 0 aliphatic carbocycles. The molecule has 138 valence electrons. The quantitative estimate of drug-likeness (QED) is 0.653. The second kappa shape index (κ2) is 7.45. The van der Waals surface area contributed by atoms with E-state index in [0.29, 0.717) is 17.6 Å². The fourth-order valence-electron chi connectivity index (χ4n) is 3.27. The van der Waals surface area contributed by atoms with Gasteiger partial charge < -0.3 is 14.5 Å². The number of anilines is 3. The molecule has 0 radical (unpaired) electrons. The summed E-state index contributed by atoms with van der Waals surface area (Å²) in [6.07, 6.45) is 0.905. The number of halogens is 1. The van der Waals surface area contributed by atoms with E-state index in [-0.39, 0.29) is 0 Å². The van der Waals surface area contributed by atoms with Gasteiger partial charge >= 0.3 is 6.01 Å². The van der Waals surface area contributed by atoms with E-state index in [1.807, 2.05) is 61.5 Å². The van der Waals surface area contributed by atoms with Crippen molar-refractivity contribution >= 4 is 28.9 Å². The first kappa shape index (κ1) is 17.6. The minimum absolute atomic E-state index is 0.330. The second-order valence-electron chi connectivity index (χ2n) is 6.64. The molecule has 1 aromatic heterocycles. The third-order valence-corrected chi connectivity index (χ3v) is 4.96. The molecule has 1 aliphatic heterocycles. The predicted molar refractivity (Wildman–Crippen MR) is 109 cm³/mol. The van der Waals surface area contributed by atoms with Crippen LogP contribution in [0.4, 0.5) is 17.3 Å². The van der Waals surface area contributed by atoms with Gasteiger partial charge in [-0.2, -0.15) is 9.97 Å². The van der Waals surface area contributed by atoms with E-state index in [1.54, 1.807) is 0 Å². The number of hydrogen-bond donors (Lipinski definition) is 0. The summed E-state index contributed by atoms with van der Waals surface area (Å²) in [5.41, 5.74) is 3.18. The topological polar surface area (TPSA) is 41.5 Å². The lowest BCUT2D eigenvalue weighted by Crippen LogP contribution is -2.16. The van der Waals surface area contributed by atoms with Crippen molar-refractivity contribution in [3.05, 3.63) is 70.7 Å². The number of fused-ring (bicyclic) bond motifs is 1. The van der Waals surface area contributed by atoms with Gasteiger partial charge in [-0.05, 0) is 24.6 Å². The Hall–Kier alpha value is -2.79. The first-order valence-electron chi connectivity index (χ1n) is 8.90. The molecule has 2 heterocycles. The van der Waals surface area contributed by atoms with Gasteiger partial charge in [0.15, 0.2) is 0 Å². The van der Waals surface area contributed by atoms with Gasteiger partial charge in [-0.3, -0.25) is 0 Å². The van der Waals surface area contributed by atoms with Crippen LogP contribution in [0, 0.1) is 0 Å². The Morgan fingerprint density at radius 1 is 1.04 bits per heavy atom. The summed E-state index contributed by atoms with van der Waals surface area (Å²) < 4.78 is 5.91. The standard InChI is InChI=1S/C21H21ClN4O/c1-25(2)19-17-12-13-26(16-9-4-3-5-10-16)20(17)24-21(23-19)27-14-15-8-6-7-11-18(15)22/h3-11H,12-14H2,1-2H3. The highest BCUT2D eigenvalue weighted by Gasteiger charge is 2.28. The van der Waals surface area contributed by atoms with E-state index in [2.05, 4.69) is 22.0 Å². The number of hydrogen-bond acceptors (Lipinski definition) is 5. The SMILES string of the molecule is CN(C)c1nc(OCc2ccccc2Cl)nc2c1CCN2c1ccccc1. The molecule has 27 heavy (non-hydrogen) atoms. The minimum atomic E-state index is 0.330. The lowest BCUT2D eigenvalue weighted by atomic mass is 10.2. The Labute approximate surface area is 164 Å². The Kier molecular flexibility index (Phi) is 4.86. The van der Waals surface area contributed by atoms with Crippen molar-refractivity contribution in [3.63, 3.8) is 0 Å². The van der Waals surface area contributed by atoms with Crippen molar-refractivity contribution in [2.24, 2.45) is 0 Å². The molecule has 0 unspecified atom stereocenters. The van der Waals surface area contributed by atoms with E-state index in [4.69, 9.17) is 21.3 Å². The molecule has 3 aromatic rings. The average molecular weight is 381 g/mol. The smallest absolute Gasteiger partial charge is 0.320 e.